The summed E-state index contributed by atoms with van der Waals surface area (Å²) < 4.78 is 34.3. The number of carbonyl (C=O) groups is 2. The topological polar surface area (TPSA) is 108 Å². The standard InChI is InChI=1S/C50H88NO8P/c1-6-8-10-12-14-16-18-20-22-24-25-27-29-31-33-35-37-39-41-43-50(53)59-48(47-58-60(54,55)57-45-44-51(3,4)5)46-56-49(52)42-40-38-36-34-32-30-28-26-23-21-19-17-15-13-11-9-7-2/h14,16,20-23,25,27,31,33,37,39,48H,6-13,15,17-19,24,26,28-30,32,34-36,38,40-47H2,1-5H3/p+1/b16-14-,22-20-,23-21-,27-25-,33-31-,39-37-/t48-/m1/s1. The monoisotopic (exact) mass is 863 g/mol. The number of unbranched alkanes of at least 4 members (excludes halogenated alkanes) is 16. The van der Waals surface area contributed by atoms with Crippen LogP contribution in [-0.2, 0) is 32.7 Å². The van der Waals surface area contributed by atoms with Crippen molar-refractivity contribution in [3.63, 3.8) is 0 Å². The van der Waals surface area contributed by atoms with Gasteiger partial charge in [0, 0.05) is 12.8 Å². The highest BCUT2D eigenvalue weighted by Crippen LogP contribution is 2.43. The second-order valence-corrected chi connectivity index (χ2v) is 18.2. The van der Waals surface area contributed by atoms with E-state index >= 15 is 0 Å². The van der Waals surface area contributed by atoms with Gasteiger partial charge in [-0.05, 0) is 77.0 Å². The number of allylic oxidation sites excluding steroid dienone is 12. The number of hydrogen-bond donors (Lipinski definition) is 1. The third-order valence-electron chi connectivity index (χ3n) is 9.72. The third kappa shape index (κ3) is 45.0. The van der Waals surface area contributed by atoms with Crippen LogP contribution in [0.4, 0.5) is 0 Å². The molecular formula is C50H89NO8P+. The maximum atomic E-state index is 12.7. The lowest BCUT2D eigenvalue weighted by Gasteiger charge is -2.24. The van der Waals surface area contributed by atoms with Crippen molar-refractivity contribution in [3.05, 3.63) is 72.9 Å². The summed E-state index contributed by atoms with van der Waals surface area (Å²) in [6.07, 6.45) is 52.5. The molecule has 0 bridgehead atoms. The van der Waals surface area contributed by atoms with Gasteiger partial charge in [-0.2, -0.15) is 0 Å². The molecule has 0 aliphatic carbocycles. The van der Waals surface area contributed by atoms with Crippen LogP contribution in [0, 0.1) is 0 Å². The van der Waals surface area contributed by atoms with E-state index < -0.39 is 32.5 Å². The Labute approximate surface area is 368 Å². The molecule has 0 aliphatic rings. The van der Waals surface area contributed by atoms with E-state index in [2.05, 4.69) is 74.6 Å². The molecule has 0 fully saturated rings. The predicted molar refractivity (Wildman–Crippen MR) is 252 cm³/mol. The molecule has 1 N–H and O–H groups in total. The first-order chi connectivity index (χ1) is 29.0. The van der Waals surface area contributed by atoms with Crippen LogP contribution in [0.5, 0.6) is 0 Å². The van der Waals surface area contributed by atoms with Gasteiger partial charge in [0.15, 0.2) is 6.10 Å². The number of phosphoric acid groups is 1. The summed E-state index contributed by atoms with van der Waals surface area (Å²) in [6, 6.07) is 0. The summed E-state index contributed by atoms with van der Waals surface area (Å²) >= 11 is 0. The Morgan fingerprint density at radius 1 is 0.517 bits per heavy atom. The van der Waals surface area contributed by atoms with E-state index in [-0.39, 0.29) is 26.1 Å². The first kappa shape index (κ1) is 57.4. The van der Waals surface area contributed by atoms with E-state index in [9.17, 15) is 19.0 Å². The first-order valence-electron chi connectivity index (χ1n) is 23.7. The number of phosphoric ester groups is 1. The van der Waals surface area contributed by atoms with Crippen LogP contribution in [0.2, 0.25) is 0 Å². The quantitative estimate of drug-likeness (QED) is 0.0212. The number of hydrogen-bond acceptors (Lipinski definition) is 7. The molecule has 0 saturated heterocycles. The van der Waals surface area contributed by atoms with E-state index in [0.29, 0.717) is 17.4 Å². The van der Waals surface area contributed by atoms with Crippen LogP contribution in [-0.4, -0.2) is 74.9 Å². The Kier molecular flexibility index (Phi) is 40.0. The molecule has 346 valence electrons. The highest BCUT2D eigenvalue weighted by atomic mass is 31.2. The molecule has 0 rings (SSSR count). The SMILES string of the molecule is CCCCC/C=C\C/C=C\C/C=C\C/C=C\C/C=C\CCC(=O)O[C@H](COC(=O)CCCCCCCCC/C=C\CCCCCCCC)COP(=O)(O)OCC[N+](C)(C)C. The fraction of sp³-hybridized carbons (Fsp3) is 0.720. The molecule has 0 amide bonds. The van der Waals surface area contributed by atoms with Crippen molar-refractivity contribution in [2.24, 2.45) is 0 Å². The number of likely N-dealkylation sites (N-methyl/N-ethyl adjacent to an activating group) is 1. The molecule has 9 nitrogen and oxygen atoms in total. The second kappa shape index (κ2) is 41.8. The zero-order chi connectivity index (χ0) is 44.3. The van der Waals surface area contributed by atoms with Gasteiger partial charge in [0.25, 0.3) is 0 Å². The first-order valence-corrected chi connectivity index (χ1v) is 25.2. The smallest absolute Gasteiger partial charge is 0.462 e. The van der Waals surface area contributed by atoms with Crippen molar-refractivity contribution in [3.8, 4) is 0 Å². The molecule has 60 heavy (non-hydrogen) atoms. The summed E-state index contributed by atoms with van der Waals surface area (Å²) in [6.45, 7) is 4.29. The predicted octanol–water partition coefficient (Wildman–Crippen LogP) is 13.8. The minimum absolute atomic E-state index is 0.0147. The minimum Gasteiger partial charge on any atom is -0.462 e. The van der Waals surface area contributed by atoms with Crippen LogP contribution in [0.25, 0.3) is 0 Å². The van der Waals surface area contributed by atoms with Gasteiger partial charge in [-0.25, -0.2) is 4.57 Å². The van der Waals surface area contributed by atoms with Gasteiger partial charge >= 0.3 is 19.8 Å². The molecule has 1 unspecified atom stereocenters. The second-order valence-electron chi connectivity index (χ2n) is 16.8. The molecule has 0 saturated carbocycles. The van der Waals surface area contributed by atoms with Crippen molar-refractivity contribution in [2.45, 2.75) is 187 Å². The molecule has 0 aromatic heterocycles. The molecule has 0 spiro atoms. The number of carbonyl (C=O) groups excluding carboxylic acids is 2. The number of nitrogens with zero attached hydrogens (tertiary/aromatic N) is 1. The molecule has 0 aromatic carbocycles. The number of quaternary nitrogens is 1. The van der Waals surface area contributed by atoms with Crippen molar-refractivity contribution < 1.29 is 42.1 Å². The van der Waals surface area contributed by atoms with E-state index in [4.69, 9.17) is 18.5 Å². The average molecular weight is 863 g/mol. The average Bonchev–Trinajstić information content (AvgIpc) is 3.20. The highest BCUT2D eigenvalue weighted by molar-refractivity contribution is 7.47. The molecule has 10 heteroatoms. The maximum Gasteiger partial charge on any atom is 0.472 e. The van der Waals surface area contributed by atoms with E-state index in [0.717, 1.165) is 57.8 Å². The fourth-order valence-corrected chi connectivity index (χ4v) is 6.73. The van der Waals surface area contributed by atoms with Gasteiger partial charge in [0.1, 0.15) is 19.8 Å². The molecule has 0 aliphatic heterocycles. The molecular weight excluding hydrogens is 774 g/mol. The normalized spacial score (nSPS) is 14.2. The van der Waals surface area contributed by atoms with Gasteiger partial charge in [-0.3, -0.25) is 18.6 Å². The van der Waals surface area contributed by atoms with Crippen LogP contribution in [0.15, 0.2) is 72.9 Å². The maximum absolute atomic E-state index is 12.7. The van der Waals surface area contributed by atoms with E-state index in [1.165, 1.54) is 89.9 Å². The largest absolute Gasteiger partial charge is 0.472 e. The molecule has 0 heterocycles. The molecule has 0 radical (unpaired) electrons. The molecule has 0 aromatic rings. The lowest BCUT2D eigenvalue weighted by Crippen LogP contribution is -2.37. The van der Waals surface area contributed by atoms with Gasteiger partial charge < -0.3 is 18.9 Å². The van der Waals surface area contributed by atoms with Gasteiger partial charge in [-0.15, -0.1) is 0 Å². The van der Waals surface area contributed by atoms with Gasteiger partial charge in [-0.1, -0.05) is 164 Å². The van der Waals surface area contributed by atoms with Crippen molar-refractivity contribution >= 4 is 19.8 Å². The summed E-state index contributed by atoms with van der Waals surface area (Å²) in [4.78, 5) is 35.4. The van der Waals surface area contributed by atoms with Gasteiger partial charge in [0.05, 0.1) is 27.7 Å². The Bertz CT molecular complexity index is 1250. The minimum atomic E-state index is -4.40. The van der Waals surface area contributed by atoms with Crippen LogP contribution in [0.1, 0.15) is 181 Å². The summed E-state index contributed by atoms with van der Waals surface area (Å²) in [5.41, 5.74) is 0. The Morgan fingerprint density at radius 2 is 0.933 bits per heavy atom. The Morgan fingerprint density at radius 3 is 1.45 bits per heavy atom. The number of esters is 2. The van der Waals surface area contributed by atoms with Crippen molar-refractivity contribution in [1.29, 1.82) is 0 Å². The lowest BCUT2D eigenvalue weighted by molar-refractivity contribution is -0.870. The number of ether oxygens (including phenoxy) is 2. The molecule has 2 atom stereocenters. The van der Waals surface area contributed by atoms with Crippen molar-refractivity contribution in [1.82, 2.24) is 0 Å². The summed E-state index contributed by atoms with van der Waals surface area (Å²) in [7, 11) is 1.42. The Hall–Kier alpha value is -2.55. The highest BCUT2D eigenvalue weighted by Gasteiger charge is 2.27. The van der Waals surface area contributed by atoms with E-state index in [1.807, 2.05) is 33.3 Å². The van der Waals surface area contributed by atoms with Crippen LogP contribution < -0.4 is 0 Å². The van der Waals surface area contributed by atoms with E-state index in [1.54, 1.807) is 0 Å². The fourth-order valence-electron chi connectivity index (χ4n) is 5.99. The summed E-state index contributed by atoms with van der Waals surface area (Å²) in [5.74, 6) is -0.903. The zero-order valence-corrected chi connectivity index (χ0v) is 39.8. The van der Waals surface area contributed by atoms with Crippen LogP contribution >= 0.6 is 7.82 Å². The Balaban J connectivity index is 4.46. The lowest BCUT2D eigenvalue weighted by atomic mass is 10.1. The van der Waals surface area contributed by atoms with Gasteiger partial charge in [0.2, 0.25) is 0 Å². The summed E-state index contributed by atoms with van der Waals surface area (Å²) in [5, 5.41) is 0. The number of rotatable bonds is 42. The zero-order valence-electron chi connectivity index (χ0n) is 38.9. The van der Waals surface area contributed by atoms with Crippen molar-refractivity contribution in [2.75, 3.05) is 47.5 Å². The van der Waals surface area contributed by atoms with Crippen LogP contribution in [0.3, 0.4) is 0 Å². The third-order valence-corrected chi connectivity index (χ3v) is 10.7.